The van der Waals surface area contributed by atoms with E-state index in [0.29, 0.717) is 32.2 Å². The minimum atomic E-state index is -0.515. The third-order valence-electron chi connectivity index (χ3n) is 3.31. The van der Waals surface area contributed by atoms with E-state index in [1.807, 2.05) is 37.3 Å². The summed E-state index contributed by atoms with van der Waals surface area (Å²) >= 11 is 0. The van der Waals surface area contributed by atoms with Gasteiger partial charge in [-0.3, -0.25) is 4.79 Å². The Morgan fingerprint density at radius 3 is 2.83 bits per heavy atom. The maximum Gasteiger partial charge on any atom is 0.249 e. The van der Waals surface area contributed by atoms with Crippen LogP contribution in [0.1, 0.15) is 19.7 Å². The first kappa shape index (κ1) is 17.2. The fourth-order valence-corrected chi connectivity index (χ4v) is 2.04. The molecule has 0 fully saturated rings. The van der Waals surface area contributed by atoms with Crippen LogP contribution in [0, 0.1) is 0 Å². The molecule has 1 heterocycles. The molecule has 0 aliphatic rings. The number of ether oxygens (including phenoxy) is 2. The van der Waals surface area contributed by atoms with Crippen molar-refractivity contribution in [1.29, 1.82) is 0 Å². The van der Waals surface area contributed by atoms with Crippen LogP contribution in [0.3, 0.4) is 0 Å². The topological polar surface area (TPSA) is 76.2 Å². The number of carbonyl (C=O) groups is 1. The Bertz CT molecular complexity index is 598. The Morgan fingerprint density at radius 2 is 2.09 bits per heavy atom. The maximum atomic E-state index is 11.9. The Morgan fingerprint density at radius 1 is 1.30 bits per heavy atom. The number of nitrogens with one attached hydrogen (secondary N) is 2. The van der Waals surface area contributed by atoms with Gasteiger partial charge in [0, 0.05) is 6.61 Å². The smallest absolute Gasteiger partial charge is 0.249 e. The molecule has 1 amide bonds. The Labute approximate surface area is 136 Å². The number of rotatable bonds is 9. The van der Waals surface area contributed by atoms with Crippen LogP contribution >= 0.6 is 0 Å². The summed E-state index contributed by atoms with van der Waals surface area (Å²) in [6.45, 7) is 5.52. The largest absolute Gasteiger partial charge is 0.379 e. The number of carbonyl (C=O) groups excluding carboxylic acids is 1. The number of amides is 1. The van der Waals surface area contributed by atoms with E-state index in [-0.39, 0.29) is 5.91 Å². The standard InChI is InChI=1S/C17H23N3O3/c1-3-22-9-10-23-13(2)17(21)19-12-16-18-11-15(20-16)14-7-5-4-6-8-14/h4-8,11,13H,3,9-10,12H2,1-2H3,(H,18,20)(H,19,21)/t13-/m1/s1. The van der Waals surface area contributed by atoms with Crippen molar-refractivity contribution in [2.24, 2.45) is 0 Å². The summed E-state index contributed by atoms with van der Waals surface area (Å²) in [7, 11) is 0. The normalized spacial score (nSPS) is 12.1. The lowest BCUT2D eigenvalue weighted by molar-refractivity contribution is -0.132. The zero-order chi connectivity index (χ0) is 16.5. The minimum Gasteiger partial charge on any atom is -0.379 e. The van der Waals surface area contributed by atoms with E-state index in [1.165, 1.54) is 0 Å². The molecule has 0 aliphatic carbocycles. The highest BCUT2D eigenvalue weighted by molar-refractivity contribution is 5.80. The number of benzene rings is 1. The average Bonchev–Trinajstić information content (AvgIpc) is 3.06. The van der Waals surface area contributed by atoms with Crippen LogP contribution in [0.2, 0.25) is 0 Å². The summed E-state index contributed by atoms with van der Waals surface area (Å²) in [5, 5.41) is 2.81. The summed E-state index contributed by atoms with van der Waals surface area (Å²) in [6.07, 6.45) is 1.25. The highest BCUT2D eigenvalue weighted by atomic mass is 16.5. The molecule has 0 aliphatic heterocycles. The van der Waals surface area contributed by atoms with Crippen molar-refractivity contribution < 1.29 is 14.3 Å². The molecule has 1 aromatic heterocycles. The van der Waals surface area contributed by atoms with Crippen LogP contribution < -0.4 is 5.32 Å². The quantitative estimate of drug-likeness (QED) is 0.695. The van der Waals surface area contributed by atoms with Crippen LogP contribution in [-0.4, -0.2) is 41.8 Å². The van der Waals surface area contributed by atoms with Crippen LogP contribution in [0.4, 0.5) is 0 Å². The highest BCUT2D eigenvalue weighted by Gasteiger charge is 2.13. The highest BCUT2D eigenvalue weighted by Crippen LogP contribution is 2.15. The number of H-pyrrole nitrogens is 1. The molecule has 2 N–H and O–H groups in total. The van der Waals surface area contributed by atoms with Gasteiger partial charge in [-0.25, -0.2) is 4.98 Å². The van der Waals surface area contributed by atoms with Crippen molar-refractivity contribution >= 4 is 5.91 Å². The van der Waals surface area contributed by atoms with Crippen molar-refractivity contribution in [1.82, 2.24) is 15.3 Å². The lowest BCUT2D eigenvalue weighted by Crippen LogP contribution is -2.35. The van der Waals surface area contributed by atoms with E-state index < -0.39 is 6.10 Å². The van der Waals surface area contributed by atoms with Gasteiger partial charge in [0.05, 0.1) is 31.6 Å². The van der Waals surface area contributed by atoms with E-state index in [2.05, 4.69) is 15.3 Å². The van der Waals surface area contributed by atoms with E-state index in [4.69, 9.17) is 9.47 Å². The molecule has 6 heteroatoms. The van der Waals surface area contributed by atoms with Gasteiger partial charge in [0.2, 0.25) is 5.91 Å². The lowest BCUT2D eigenvalue weighted by Gasteiger charge is -2.12. The molecule has 0 radical (unpaired) electrons. The molecular weight excluding hydrogens is 294 g/mol. The number of aromatic nitrogens is 2. The molecule has 6 nitrogen and oxygen atoms in total. The number of hydrogen-bond acceptors (Lipinski definition) is 4. The second-order valence-corrected chi connectivity index (χ2v) is 5.04. The third-order valence-corrected chi connectivity index (χ3v) is 3.31. The summed E-state index contributed by atoms with van der Waals surface area (Å²) in [6, 6.07) is 9.92. The molecule has 0 spiro atoms. The average molecular weight is 317 g/mol. The second-order valence-electron chi connectivity index (χ2n) is 5.04. The fraction of sp³-hybridized carbons (Fsp3) is 0.412. The van der Waals surface area contributed by atoms with Gasteiger partial charge >= 0.3 is 0 Å². The van der Waals surface area contributed by atoms with Gasteiger partial charge in [-0.2, -0.15) is 0 Å². The third kappa shape index (κ3) is 5.50. The summed E-state index contributed by atoms with van der Waals surface area (Å²) in [5.41, 5.74) is 1.99. The lowest BCUT2D eigenvalue weighted by atomic mass is 10.2. The summed E-state index contributed by atoms with van der Waals surface area (Å²) in [4.78, 5) is 19.4. The van der Waals surface area contributed by atoms with E-state index in [9.17, 15) is 4.79 Å². The van der Waals surface area contributed by atoms with Gasteiger partial charge in [-0.15, -0.1) is 0 Å². The van der Waals surface area contributed by atoms with Crippen molar-refractivity contribution in [3.8, 4) is 11.3 Å². The second kappa shape index (κ2) is 9.07. The molecule has 0 saturated carbocycles. The SMILES string of the molecule is CCOCCO[C@H](C)C(=O)NCc1ncc(-c2ccccc2)[nH]1. The maximum absolute atomic E-state index is 11.9. The van der Waals surface area contributed by atoms with Crippen molar-refractivity contribution in [3.05, 3.63) is 42.4 Å². The number of hydrogen-bond donors (Lipinski definition) is 2. The predicted octanol–water partition coefficient (Wildman–Crippen LogP) is 2.13. The molecule has 0 bridgehead atoms. The Balaban J connectivity index is 1.77. The number of imidazole rings is 1. The minimum absolute atomic E-state index is 0.167. The van der Waals surface area contributed by atoms with Gasteiger partial charge < -0.3 is 19.8 Å². The summed E-state index contributed by atoms with van der Waals surface area (Å²) in [5.74, 6) is 0.540. The van der Waals surface area contributed by atoms with Crippen LogP contribution in [0.15, 0.2) is 36.5 Å². The molecule has 0 unspecified atom stereocenters. The first-order valence-corrected chi connectivity index (χ1v) is 7.77. The van der Waals surface area contributed by atoms with E-state index in [0.717, 1.165) is 11.3 Å². The first-order chi connectivity index (χ1) is 11.2. The molecule has 124 valence electrons. The van der Waals surface area contributed by atoms with Crippen molar-refractivity contribution in [2.45, 2.75) is 26.5 Å². The molecule has 2 aromatic rings. The predicted molar refractivity (Wildman–Crippen MR) is 87.8 cm³/mol. The van der Waals surface area contributed by atoms with Gasteiger partial charge in [0.25, 0.3) is 0 Å². The van der Waals surface area contributed by atoms with E-state index in [1.54, 1.807) is 13.1 Å². The van der Waals surface area contributed by atoms with Gasteiger partial charge in [-0.1, -0.05) is 30.3 Å². The Kier molecular flexibility index (Phi) is 6.77. The number of aromatic amines is 1. The summed E-state index contributed by atoms with van der Waals surface area (Å²) < 4.78 is 10.6. The zero-order valence-corrected chi connectivity index (χ0v) is 13.5. The molecule has 2 rings (SSSR count). The van der Waals surface area contributed by atoms with Crippen LogP contribution in [0.5, 0.6) is 0 Å². The fourth-order valence-electron chi connectivity index (χ4n) is 2.04. The molecule has 0 saturated heterocycles. The van der Waals surface area contributed by atoms with Crippen LogP contribution in [-0.2, 0) is 20.8 Å². The Hall–Kier alpha value is -2.18. The van der Waals surface area contributed by atoms with Crippen LogP contribution in [0.25, 0.3) is 11.3 Å². The van der Waals surface area contributed by atoms with Crippen molar-refractivity contribution in [2.75, 3.05) is 19.8 Å². The van der Waals surface area contributed by atoms with Gasteiger partial charge in [0.15, 0.2) is 0 Å². The van der Waals surface area contributed by atoms with Gasteiger partial charge in [0.1, 0.15) is 11.9 Å². The first-order valence-electron chi connectivity index (χ1n) is 7.77. The monoisotopic (exact) mass is 317 g/mol. The van der Waals surface area contributed by atoms with Gasteiger partial charge in [-0.05, 0) is 19.4 Å². The zero-order valence-electron chi connectivity index (χ0n) is 13.5. The van der Waals surface area contributed by atoms with Crippen molar-refractivity contribution in [3.63, 3.8) is 0 Å². The molecule has 23 heavy (non-hydrogen) atoms. The number of nitrogens with zero attached hydrogens (tertiary/aromatic N) is 1. The molecule has 1 aromatic carbocycles. The molecular formula is C17H23N3O3. The van der Waals surface area contributed by atoms with E-state index >= 15 is 0 Å². The molecule has 1 atom stereocenters.